The minimum atomic E-state index is -1.85. The molecule has 1 aromatic carbocycles. The summed E-state index contributed by atoms with van der Waals surface area (Å²) in [6, 6.07) is 0. The predicted molar refractivity (Wildman–Crippen MR) is 66.8 cm³/mol. The zero-order valence-corrected chi connectivity index (χ0v) is 11.5. The quantitative estimate of drug-likeness (QED) is 0.449. The van der Waals surface area contributed by atoms with Crippen LogP contribution in [0.4, 0.5) is 17.6 Å². The maximum atomic E-state index is 13.4. The zero-order valence-electron chi connectivity index (χ0n) is 11.5. The van der Waals surface area contributed by atoms with Gasteiger partial charge in [0.25, 0.3) is 0 Å². The molecular weight excluding hydrogens is 276 g/mol. The minimum absolute atomic E-state index is 0.517. The van der Waals surface area contributed by atoms with E-state index in [4.69, 9.17) is 9.84 Å². The van der Waals surface area contributed by atoms with Gasteiger partial charge in [-0.3, -0.25) is 0 Å². The second-order valence-corrected chi connectivity index (χ2v) is 4.71. The lowest BCUT2D eigenvalue weighted by molar-refractivity contribution is 0.180. The Morgan fingerprint density at radius 1 is 0.950 bits per heavy atom. The highest BCUT2D eigenvalue weighted by Crippen LogP contribution is 2.34. The Balaban J connectivity index is 2.77. The molecule has 0 aliphatic rings. The van der Waals surface area contributed by atoms with Crippen LogP contribution in [0.15, 0.2) is 0 Å². The van der Waals surface area contributed by atoms with Crippen LogP contribution in [-0.4, -0.2) is 11.2 Å². The van der Waals surface area contributed by atoms with Gasteiger partial charge in [0.05, 0.1) is 6.10 Å². The molecule has 1 N–H and O–H groups in total. The van der Waals surface area contributed by atoms with Gasteiger partial charge in [-0.05, 0) is 19.8 Å². The summed E-state index contributed by atoms with van der Waals surface area (Å²) in [5, 5.41) is 8.84. The summed E-state index contributed by atoms with van der Waals surface area (Å²) in [5.74, 6) is -9.94. The van der Waals surface area contributed by atoms with Crippen molar-refractivity contribution >= 4 is 0 Å². The smallest absolute Gasteiger partial charge is 0.207 e. The Bertz CT molecular complexity index is 434. The number of hydrogen-bond donors (Lipinski definition) is 1. The van der Waals surface area contributed by atoms with Crippen molar-refractivity contribution in [1.82, 2.24) is 0 Å². The third-order valence-corrected chi connectivity index (χ3v) is 2.98. The number of halogens is 4. The molecule has 0 fully saturated rings. The number of ether oxygens (including phenoxy) is 1. The van der Waals surface area contributed by atoms with Crippen LogP contribution in [0, 0.1) is 23.3 Å². The second kappa shape index (κ2) is 7.36. The summed E-state index contributed by atoms with van der Waals surface area (Å²) in [4.78, 5) is 0. The average Bonchev–Trinajstić information content (AvgIpc) is 2.44. The largest absolute Gasteiger partial charge is 0.503 e. The summed E-state index contributed by atoms with van der Waals surface area (Å²) in [7, 11) is 0. The van der Waals surface area contributed by atoms with Crippen LogP contribution in [-0.2, 0) is 0 Å². The molecule has 0 aliphatic heterocycles. The second-order valence-electron chi connectivity index (χ2n) is 4.71. The molecule has 114 valence electrons. The van der Waals surface area contributed by atoms with Gasteiger partial charge in [0.2, 0.25) is 23.3 Å². The third-order valence-electron chi connectivity index (χ3n) is 2.98. The van der Waals surface area contributed by atoms with Crippen molar-refractivity contribution < 1.29 is 27.4 Å². The Morgan fingerprint density at radius 3 is 2.00 bits per heavy atom. The van der Waals surface area contributed by atoms with Crippen LogP contribution in [0.3, 0.4) is 0 Å². The first-order valence-corrected chi connectivity index (χ1v) is 6.61. The molecule has 0 aliphatic carbocycles. The van der Waals surface area contributed by atoms with Crippen molar-refractivity contribution in [3.8, 4) is 11.5 Å². The summed E-state index contributed by atoms with van der Waals surface area (Å²) >= 11 is 0. The van der Waals surface area contributed by atoms with Crippen molar-refractivity contribution in [2.75, 3.05) is 0 Å². The molecule has 0 amide bonds. The average molecular weight is 294 g/mol. The first-order chi connectivity index (χ1) is 9.40. The van der Waals surface area contributed by atoms with E-state index in [1.54, 1.807) is 6.92 Å². The van der Waals surface area contributed by atoms with Crippen LogP contribution >= 0.6 is 0 Å². The Morgan fingerprint density at radius 2 is 1.50 bits per heavy atom. The molecule has 0 spiro atoms. The van der Waals surface area contributed by atoms with E-state index in [0.29, 0.717) is 6.42 Å². The van der Waals surface area contributed by atoms with Gasteiger partial charge in [0, 0.05) is 0 Å². The number of aromatic hydroxyl groups is 1. The first kappa shape index (κ1) is 16.6. The maximum Gasteiger partial charge on any atom is 0.207 e. The Kier molecular flexibility index (Phi) is 6.10. The predicted octanol–water partition coefficient (Wildman–Crippen LogP) is 4.69. The lowest BCUT2D eigenvalue weighted by Crippen LogP contribution is -2.15. The molecule has 0 saturated carbocycles. The first-order valence-electron chi connectivity index (χ1n) is 6.61. The van der Waals surface area contributed by atoms with Crippen LogP contribution in [0.5, 0.6) is 11.5 Å². The molecular formula is C14H18F4O2. The normalized spacial score (nSPS) is 12.5. The zero-order chi connectivity index (χ0) is 15.3. The van der Waals surface area contributed by atoms with Crippen molar-refractivity contribution in [2.24, 2.45) is 0 Å². The number of hydrogen-bond acceptors (Lipinski definition) is 2. The van der Waals surface area contributed by atoms with Crippen molar-refractivity contribution in [3.05, 3.63) is 23.3 Å². The molecule has 1 aromatic rings. The summed E-state index contributed by atoms with van der Waals surface area (Å²) in [6.07, 6.45) is 3.77. The van der Waals surface area contributed by atoms with E-state index in [0.717, 1.165) is 25.7 Å². The molecule has 0 aromatic heterocycles. The highest BCUT2D eigenvalue weighted by molar-refractivity contribution is 5.37. The number of benzene rings is 1. The molecule has 0 saturated heterocycles. The van der Waals surface area contributed by atoms with Crippen molar-refractivity contribution in [3.63, 3.8) is 0 Å². The summed E-state index contributed by atoms with van der Waals surface area (Å²) < 4.78 is 58.1. The topological polar surface area (TPSA) is 29.5 Å². The molecule has 1 atom stereocenters. The molecule has 0 radical (unpaired) electrons. The van der Waals surface area contributed by atoms with Crippen LogP contribution in [0.2, 0.25) is 0 Å². The van der Waals surface area contributed by atoms with Gasteiger partial charge in [-0.15, -0.1) is 0 Å². The molecule has 2 nitrogen and oxygen atoms in total. The molecule has 0 bridgehead atoms. The van der Waals surface area contributed by atoms with E-state index in [2.05, 4.69) is 0 Å². The fourth-order valence-corrected chi connectivity index (χ4v) is 1.82. The summed E-state index contributed by atoms with van der Waals surface area (Å²) in [5.41, 5.74) is 0. The highest BCUT2D eigenvalue weighted by Gasteiger charge is 2.27. The number of rotatable bonds is 7. The number of unbranched alkanes of at least 4 members (excludes halogenated alkanes) is 3. The van der Waals surface area contributed by atoms with Gasteiger partial charge in [-0.2, -0.15) is 17.6 Å². The fourth-order valence-electron chi connectivity index (χ4n) is 1.82. The monoisotopic (exact) mass is 294 g/mol. The van der Waals surface area contributed by atoms with E-state index in [1.165, 1.54) is 0 Å². The van der Waals surface area contributed by atoms with E-state index < -0.39 is 40.9 Å². The number of phenolic OH excluding ortho intramolecular Hbond substituents is 1. The van der Waals surface area contributed by atoms with Gasteiger partial charge in [0.1, 0.15) is 0 Å². The Labute approximate surface area is 115 Å². The van der Waals surface area contributed by atoms with Gasteiger partial charge in [0.15, 0.2) is 11.5 Å². The SMILES string of the molecule is CCCCCCC(C)Oc1c(F)c(F)c(O)c(F)c1F. The summed E-state index contributed by atoms with van der Waals surface area (Å²) in [6.45, 7) is 3.61. The highest BCUT2D eigenvalue weighted by atomic mass is 19.2. The standard InChI is InChI=1S/C14H18F4O2/c1-3-4-5-6-7-8(2)20-14-11(17)9(15)13(19)10(16)12(14)18/h8,19H,3-7H2,1-2H3. The molecule has 6 heteroatoms. The van der Waals surface area contributed by atoms with Crippen LogP contribution in [0.1, 0.15) is 46.0 Å². The van der Waals surface area contributed by atoms with E-state index >= 15 is 0 Å². The van der Waals surface area contributed by atoms with Crippen molar-refractivity contribution in [2.45, 2.75) is 52.1 Å². The van der Waals surface area contributed by atoms with Crippen LogP contribution in [0.25, 0.3) is 0 Å². The maximum absolute atomic E-state index is 13.4. The van der Waals surface area contributed by atoms with Gasteiger partial charge >= 0.3 is 0 Å². The van der Waals surface area contributed by atoms with Gasteiger partial charge < -0.3 is 9.84 Å². The van der Waals surface area contributed by atoms with E-state index in [1.807, 2.05) is 6.92 Å². The molecule has 20 heavy (non-hydrogen) atoms. The lowest BCUT2D eigenvalue weighted by Gasteiger charge is -2.16. The number of phenols is 1. The lowest BCUT2D eigenvalue weighted by atomic mass is 10.1. The van der Waals surface area contributed by atoms with Crippen molar-refractivity contribution in [1.29, 1.82) is 0 Å². The van der Waals surface area contributed by atoms with Gasteiger partial charge in [-0.1, -0.05) is 26.2 Å². The van der Waals surface area contributed by atoms with Gasteiger partial charge in [-0.25, -0.2) is 0 Å². The fraction of sp³-hybridized carbons (Fsp3) is 0.571. The third kappa shape index (κ3) is 3.77. The Hall–Kier alpha value is -1.46. The van der Waals surface area contributed by atoms with E-state index in [-0.39, 0.29) is 0 Å². The van der Waals surface area contributed by atoms with Crippen LogP contribution < -0.4 is 4.74 Å². The molecule has 1 unspecified atom stereocenters. The molecule has 0 heterocycles. The van der Waals surface area contributed by atoms with E-state index in [9.17, 15) is 17.6 Å². The minimum Gasteiger partial charge on any atom is -0.503 e. The molecule has 1 rings (SSSR count).